The molecule has 0 aromatic heterocycles. The number of benzene rings is 1. The zero-order chi connectivity index (χ0) is 20.8. The van der Waals surface area contributed by atoms with Crippen molar-refractivity contribution in [1.29, 1.82) is 0 Å². The summed E-state index contributed by atoms with van der Waals surface area (Å²) in [5.74, 6) is 1.14. The second-order valence-electron chi connectivity index (χ2n) is 8.53. The van der Waals surface area contributed by atoms with E-state index in [1.807, 2.05) is 0 Å². The topological polar surface area (TPSA) is 65.0 Å². The number of rotatable bonds is 7. The molecule has 2 rings (SSSR count). The lowest BCUT2D eigenvalue weighted by atomic mass is 9.90. The molecule has 1 N–H and O–H groups in total. The molecular formula is C21H36N4O2S. The Balaban J connectivity index is 1.97. The summed E-state index contributed by atoms with van der Waals surface area (Å²) in [5, 5.41) is 3.40. The van der Waals surface area contributed by atoms with Crippen molar-refractivity contribution in [1.82, 2.24) is 10.2 Å². The number of nitrogens with one attached hydrogen (secondary N) is 1. The molecule has 0 spiro atoms. The van der Waals surface area contributed by atoms with Crippen molar-refractivity contribution in [2.45, 2.75) is 34.1 Å². The summed E-state index contributed by atoms with van der Waals surface area (Å²) in [6.07, 6.45) is 1.92. The quantitative estimate of drug-likeness (QED) is 0.555. The molecule has 1 fully saturated rings. The lowest BCUT2D eigenvalue weighted by Crippen LogP contribution is -2.52. The number of hydrogen-bond acceptors (Lipinski definition) is 4. The summed E-state index contributed by atoms with van der Waals surface area (Å²) < 4.78 is 22.9. The van der Waals surface area contributed by atoms with Crippen LogP contribution in [0.25, 0.3) is 0 Å². The van der Waals surface area contributed by atoms with E-state index in [0.29, 0.717) is 13.0 Å². The van der Waals surface area contributed by atoms with Crippen molar-refractivity contribution in [3.8, 4) is 0 Å². The normalized spacial score (nSPS) is 16.4. The van der Waals surface area contributed by atoms with E-state index < -0.39 is 9.84 Å². The molecule has 0 atom stereocenters. The summed E-state index contributed by atoms with van der Waals surface area (Å²) in [5.41, 5.74) is 2.42. The van der Waals surface area contributed by atoms with Crippen molar-refractivity contribution in [3.63, 3.8) is 0 Å². The predicted octanol–water partition coefficient (Wildman–Crippen LogP) is 2.54. The first kappa shape index (κ1) is 22.5. The van der Waals surface area contributed by atoms with Gasteiger partial charge < -0.3 is 15.1 Å². The minimum Gasteiger partial charge on any atom is -0.368 e. The van der Waals surface area contributed by atoms with Crippen LogP contribution in [0.5, 0.6) is 0 Å². The maximum Gasteiger partial charge on any atom is 0.194 e. The first-order valence-electron chi connectivity index (χ1n) is 10.1. The Kier molecular flexibility index (Phi) is 7.75. The van der Waals surface area contributed by atoms with Gasteiger partial charge in [0.25, 0.3) is 0 Å². The van der Waals surface area contributed by atoms with Crippen LogP contribution >= 0.6 is 0 Å². The Morgan fingerprint density at radius 1 is 1.21 bits per heavy atom. The number of guanidine groups is 1. The smallest absolute Gasteiger partial charge is 0.194 e. The van der Waals surface area contributed by atoms with E-state index in [4.69, 9.17) is 4.99 Å². The third-order valence-corrected chi connectivity index (χ3v) is 6.03. The van der Waals surface area contributed by atoms with Crippen LogP contribution in [0.1, 0.15) is 32.8 Å². The van der Waals surface area contributed by atoms with Gasteiger partial charge in [-0.2, -0.15) is 0 Å². The van der Waals surface area contributed by atoms with E-state index in [2.05, 4.69) is 67.1 Å². The Hall–Kier alpha value is -1.76. The number of hydrogen-bond donors (Lipinski definition) is 1. The summed E-state index contributed by atoms with van der Waals surface area (Å²) >= 11 is 0. The molecule has 7 heteroatoms. The second kappa shape index (κ2) is 9.63. The highest BCUT2D eigenvalue weighted by atomic mass is 32.2. The van der Waals surface area contributed by atoms with Gasteiger partial charge in [0.2, 0.25) is 0 Å². The van der Waals surface area contributed by atoms with Crippen LogP contribution in [0.3, 0.4) is 0 Å². The largest absolute Gasteiger partial charge is 0.368 e. The molecule has 0 aliphatic carbocycles. The van der Waals surface area contributed by atoms with Gasteiger partial charge in [-0.3, -0.25) is 4.99 Å². The zero-order valence-electron chi connectivity index (χ0n) is 18.0. The predicted molar refractivity (Wildman–Crippen MR) is 119 cm³/mol. The van der Waals surface area contributed by atoms with Gasteiger partial charge in [0.1, 0.15) is 9.84 Å². The number of piperazine rings is 1. The molecule has 1 aromatic carbocycles. The van der Waals surface area contributed by atoms with E-state index in [1.54, 1.807) is 0 Å². The summed E-state index contributed by atoms with van der Waals surface area (Å²) in [4.78, 5) is 9.57. The van der Waals surface area contributed by atoms with Crippen LogP contribution in [0.15, 0.2) is 29.3 Å². The highest BCUT2D eigenvalue weighted by Crippen LogP contribution is 2.22. The Morgan fingerprint density at radius 3 is 2.46 bits per heavy atom. The summed E-state index contributed by atoms with van der Waals surface area (Å²) in [6, 6.07) is 8.65. The SMILES string of the molecule is CCNC(=NCC(C)(C)CCS(C)(=O)=O)N1CCN(c2cccc(C)c2)CC1. The molecule has 0 unspecified atom stereocenters. The summed E-state index contributed by atoms with van der Waals surface area (Å²) in [7, 11) is -2.94. The van der Waals surface area contributed by atoms with Crippen LogP contribution in [-0.4, -0.2) is 70.6 Å². The maximum atomic E-state index is 11.5. The van der Waals surface area contributed by atoms with Crippen LogP contribution in [0.2, 0.25) is 0 Å². The van der Waals surface area contributed by atoms with E-state index in [0.717, 1.165) is 38.7 Å². The lowest BCUT2D eigenvalue weighted by molar-refractivity contribution is 0.348. The van der Waals surface area contributed by atoms with Gasteiger partial charge in [0.15, 0.2) is 5.96 Å². The molecule has 0 bridgehead atoms. The second-order valence-corrected chi connectivity index (χ2v) is 10.8. The van der Waals surface area contributed by atoms with E-state index in [-0.39, 0.29) is 11.2 Å². The molecule has 1 aliphatic rings. The molecule has 1 aliphatic heterocycles. The highest BCUT2D eigenvalue weighted by molar-refractivity contribution is 7.90. The van der Waals surface area contributed by atoms with E-state index >= 15 is 0 Å². The molecule has 0 amide bonds. The van der Waals surface area contributed by atoms with Crippen LogP contribution in [0.4, 0.5) is 5.69 Å². The number of sulfone groups is 1. The number of aryl methyl sites for hydroxylation is 1. The third-order valence-electron chi connectivity index (χ3n) is 5.09. The highest BCUT2D eigenvalue weighted by Gasteiger charge is 2.23. The van der Waals surface area contributed by atoms with Crippen LogP contribution in [0, 0.1) is 12.3 Å². The fourth-order valence-corrected chi connectivity index (χ4v) is 4.18. The molecule has 0 saturated carbocycles. The van der Waals surface area contributed by atoms with Gasteiger partial charge in [-0.1, -0.05) is 26.0 Å². The van der Waals surface area contributed by atoms with Crippen molar-refractivity contribution >= 4 is 21.5 Å². The molecular weight excluding hydrogens is 372 g/mol. The Labute approximate surface area is 170 Å². The molecule has 1 aromatic rings. The van der Waals surface area contributed by atoms with E-state index in [1.165, 1.54) is 17.5 Å². The average Bonchev–Trinajstić information content (AvgIpc) is 2.63. The van der Waals surface area contributed by atoms with Crippen molar-refractivity contribution < 1.29 is 8.42 Å². The zero-order valence-corrected chi connectivity index (χ0v) is 18.8. The molecule has 6 nitrogen and oxygen atoms in total. The van der Waals surface area contributed by atoms with Gasteiger partial charge >= 0.3 is 0 Å². The van der Waals surface area contributed by atoms with Gasteiger partial charge in [-0.15, -0.1) is 0 Å². The number of anilines is 1. The van der Waals surface area contributed by atoms with Gasteiger partial charge in [-0.05, 0) is 43.4 Å². The fourth-order valence-electron chi connectivity index (χ4n) is 3.26. The minimum absolute atomic E-state index is 0.146. The van der Waals surface area contributed by atoms with Crippen LogP contribution in [-0.2, 0) is 9.84 Å². The molecule has 1 saturated heterocycles. The number of nitrogens with zero attached hydrogens (tertiary/aromatic N) is 3. The fraction of sp³-hybridized carbons (Fsp3) is 0.667. The average molecular weight is 409 g/mol. The molecule has 28 heavy (non-hydrogen) atoms. The molecule has 0 radical (unpaired) electrons. The summed E-state index contributed by atoms with van der Waals surface area (Å²) in [6.45, 7) is 13.6. The minimum atomic E-state index is -2.94. The maximum absolute atomic E-state index is 11.5. The Morgan fingerprint density at radius 2 is 1.89 bits per heavy atom. The molecule has 158 valence electrons. The molecule has 1 heterocycles. The van der Waals surface area contributed by atoms with Gasteiger partial charge in [0, 0.05) is 51.2 Å². The lowest BCUT2D eigenvalue weighted by Gasteiger charge is -2.38. The van der Waals surface area contributed by atoms with Crippen molar-refractivity contribution in [2.75, 3.05) is 56.2 Å². The van der Waals surface area contributed by atoms with Gasteiger partial charge in [0.05, 0.1) is 5.75 Å². The standard InChI is InChI=1S/C21H36N4O2S/c1-6-22-20(23-17-21(3,4)10-15-28(5,26)27)25-13-11-24(12-14-25)19-9-7-8-18(2)16-19/h7-9,16H,6,10-15,17H2,1-5H3,(H,22,23). The van der Waals surface area contributed by atoms with Gasteiger partial charge in [-0.25, -0.2) is 8.42 Å². The van der Waals surface area contributed by atoms with E-state index in [9.17, 15) is 8.42 Å². The monoisotopic (exact) mass is 408 g/mol. The third kappa shape index (κ3) is 7.34. The van der Waals surface area contributed by atoms with Crippen molar-refractivity contribution in [2.24, 2.45) is 10.4 Å². The van der Waals surface area contributed by atoms with Crippen molar-refractivity contribution in [3.05, 3.63) is 29.8 Å². The first-order valence-corrected chi connectivity index (χ1v) is 12.2. The first-order chi connectivity index (χ1) is 13.1. The number of aliphatic imine (C=N–C) groups is 1. The Bertz CT molecular complexity index is 766. The van der Waals surface area contributed by atoms with Crippen LogP contribution < -0.4 is 10.2 Å².